The van der Waals surface area contributed by atoms with Crippen LogP contribution in [0.3, 0.4) is 0 Å². The van der Waals surface area contributed by atoms with Crippen LogP contribution in [0.15, 0.2) is 6.20 Å². The zero-order valence-electron chi connectivity index (χ0n) is 12.5. The molecule has 0 spiro atoms. The maximum absolute atomic E-state index is 6.23. The van der Waals surface area contributed by atoms with E-state index in [2.05, 4.69) is 9.88 Å². The lowest BCUT2D eigenvalue weighted by atomic mass is 10.1. The topological polar surface area (TPSA) is 64.3 Å². The molecule has 5 nitrogen and oxygen atoms in total. The lowest BCUT2D eigenvalue weighted by Gasteiger charge is -2.34. The Morgan fingerprint density at radius 3 is 3.14 bits per heavy atom. The maximum atomic E-state index is 6.23. The third-order valence-corrected chi connectivity index (χ3v) is 5.17. The van der Waals surface area contributed by atoms with E-state index < -0.39 is 0 Å². The molecule has 4 rings (SSSR count). The van der Waals surface area contributed by atoms with Gasteiger partial charge in [-0.2, -0.15) is 0 Å². The number of nitrogens with two attached hydrogens (primary N) is 1. The molecule has 3 aliphatic rings. The number of morpholine rings is 1. The Morgan fingerprint density at radius 2 is 2.19 bits per heavy atom. The number of aryl methyl sites for hydroxylation is 1. The molecule has 0 saturated carbocycles. The van der Waals surface area contributed by atoms with Gasteiger partial charge in [-0.15, -0.1) is 0 Å². The highest BCUT2D eigenvalue weighted by Gasteiger charge is 2.34. The Kier molecular flexibility index (Phi) is 3.65. The van der Waals surface area contributed by atoms with Gasteiger partial charge in [0.05, 0.1) is 6.61 Å². The normalized spacial score (nSPS) is 33.3. The van der Waals surface area contributed by atoms with Crippen molar-refractivity contribution in [3.8, 4) is 0 Å². The first-order chi connectivity index (χ1) is 10.3. The first-order valence-electron chi connectivity index (χ1n) is 8.28. The van der Waals surface area contributed by atoms with Crippen LogP contribution in [-0.2, 0) is 11.2 Å². The van der Waals surface area contributed by atoms with Gasteiger partial charge in [0.1, 0.15) is 6.10 Å². The van der Waals surface area contributed by atoms with E-state index in [-0.39, 0.29) is 12.1 Å². The van der Waals surface area contributed by atoms with Gasteiger partial charge in [-0.25, -0.2) is 9.97 Å². The summed E-state index contributed by atoms with van der Waals surface area (Å²) in [6.45, 7) is 2.96. The molecule has 21 heavy (non-hydrogen) atoms. The number of fused-ring (bicyclic) bond motifs is 2. The molecule has 0 bridgehead atoms. The number of ether oxygens (including phenoxy) is 1. The van der Waals surface area contributed by atoms with Gasteiger partial charge in [0.2, 0.25) is 0 Å². The van der Waals surface area contributed by atoms with Crippen LogP contribution in [0.5, 0.6) is 0 Å². The Hall–Kier alpha value is -1.04. The molecule has 2 aliphatic heterocycles. The number of nitrogens with zero attached hydrogens (tertiary/aromatic N) is 3. The predicted molar refractivity (Wildman–Crippen MR) is 79.8 cm³/mol. The van der Waals surface area contributed by atoms with Crippen molar-refractivity contribution < 1.29 is 4.74 Å². The summed E-state index contributed by atoms with van der Waals surface area (Å²) in [4.78, 5) is 11.9. The van der Waals surface area contributed by atoms with Gasteiger partial charge in [-0.1, -0.05) is 6.42 Å². The smallest absolute Gasteiger partial charge is 0.158 e. The highest BCUT2D eigenvalue weighted by Crippen LogP contribution is 2.30. The molecule has 3 heterocycles. The van der Waals surface area contributed by atoms with Gasteiger partial charge in [-0.05, 0) is 38.6 Å². The Labute approximate surface area is 125 Å². The second-order valence-corrected chi connectivity index (χ2v) is 6.60. The third kappa shape index (κ3) is 2.58. The molecule has 1 aliphatic carbocycles. The lowest BCUT2D eigenvalue weighted by molar-refractivity contribution is -0.0542. The van der Waals surface area contributed by atoms with Gasteiger partial charge in [0.15, 0.2) is 5.82 Å². The lowest BCUT2D eigenvalue weighted by Crippen LogP contribution is -2.43. The van der Waals surface area contributed by atoms with Crippen molar-refractivity contribution >= 4 is 0 Å². The summed E-state index contributed by atoms with van der Waals surface area (Å²) in [7, 11) is 0. The van der Waals surface area contributed by atoms with E-state index >= 15 is 0 Å². The van der Waals surface area contributed by atoms with Gasteiger partial charge < -0.3 is 10.5 Å². The van der Waals surface area contributed by atoms with Crippen molar-refractivity contribution in [2.45, 2.75) is 56.7 Å². The molecular formula is C16H24N4O. The zero-order valence-corrected chi connectivity index (χ0v) is 12.5. The first kappa shape index (κ1) is 13.6. The highest BCUT2D eigenvalue weighted by molar-refractivity contribution is 5.23. The molecule has 3 unspecified atom stereocenters. The average molecular weight is 288 g/mol. The van der Waals surface area contributed by atoms with Crippen molar-refractivity contribution in [1.82, 2.24) is 14.9 Å². The van der Waals surface area contributed by atoms with Gasteiger partial charge in [-0.3, -0.25) is 4.90 Å². The van der Waals surface area contributed by atoms with Crippen LogP contribution in [-0.4, -0.2) is 40.6 Å². The monoisotopic (exact) mass is 288 g/mol. The molecule has 0 amide bonds. The zero-order chi connectivity index (χ0) is 14.2. The van der Waals surface area contributed by atoms with Crippen molar-refractivity contribution in [1.29, 1.82) is 0 Å². The van der Waals surface area contributed by atoms with E-state index in [9.17, 15) is 0 Å². The molecule has 1 aromatic rings. The fourth-order valence-electron chi connectivity index (χ4n) is 3.89. The minimum absolute atomic E-state index is 0.0316. The third-order valence-electron chi connectivity index (χ3n) is 5.17. The number of hydrogen-bond donors (Lipinski definition) is 1. The minimum Gasteiger partial charge on any atom is -0.367 e. The average Bonchev–Trinajstić information content (AvgIpc) is 2.90. The van der Waals surface area contributed by atoms with Crippen LogP contribution >= 0.6 is 0 Å². The molecule has 1 aromatic heterocycles. The molecular weight excluding hydrogens is 264 g/mol. The second kappa shape index (κ2) is 5.63. The van der Waals surface area contributed by atoms with Crippen molar-refractivity contribution in [3.63, 3.8) is 0 Å². The summed E-state index contributed by atoms with van der Waals surface area (Å²) < 4.78 is 6.03. The summed E-state index contributed by atoms with van der Waals surface area (Å²) in [6, 6.07) is 0.724. The Morgan fingerprint density at radius 1 is 1.24 bits per heavy atom. The standard InChI is InChI=1S/C16H24N4O/c17-13-5-1-2-6-14-12(13)8-18-16(19-14)15-9-20-7-3-4-11(20)10-21-15/h8,11,13,15H,1-7,9-10,17H2. The summed E-state index contributed by atoms with van der Waals surface area (Å²) in [5.74, 6) is 0.855. The molecule has 0 radical (unpaired) electrons. The fraction of sp³-hybridized carbons (Fsp3) is 0.750. The van der Waals surface area contributed by atoms with Crippen LogP contribution in [0.25, 0.3) is 0 Å². The molecule has 2 saturated heterocycles. The fourth-order valence-corrected chi connectivity index (χ4v) is 3.89. The van der Waals surface area contributed by atoms with E-state index in [4.69, 9.17) is 15.5 Å². The van der Waals surface area contributed by atoms with Gasteiger partial charge >= 0.3 is 0 Å². The highest BCUT2D eigenvalue weighted by atomic mass is 16.5. The number of aromatic nitrogens is 2. The van der Waals surface area contributed by atoms with E-state index in [1.807, 2.05) is 6.20 Å². The van der Waals surface area contributed by atoms with E-state index in [0.29, 0.717) is 6.04 Å². The van der Waals surface area contributed by atoms with Crippen LogP contribution in [0, 0.1) is 0 Å². The summed E-state index contributed by atoms with van der Waals surface area (Å²) in [6.07, 6.45) is 8.98. The van der Waals surface area contributed by atoms with Crippen molar-refractivity contribution in [2.75, 3.05) is 19.7 Å². The van der Waals surface area contributed by atoms with Crippen LogP contribution in [0.1, 0.15) is 61.3 Å². The maximum Gasteiger partial charge on any atom is 0.158 e. The first-order valence-corrected chi connectivity index (χ1v) is 8.28. The van der Waals surface area contributed by atoms with E-state index in [0.717, 1.165) is 43.1 Å². The van der Waals surface area contributed by atoms with Gasteiger partial charge in [0.25, 0.3) is 0 Å². The molecule has 2 N–H and O–H groups in total. The quantitative estimate of drug-likeness (QED) is 0.797. The Balaban J connectivity index is 1.57. The Bertz CT molecular complexity index is 521. The van der Waals surface area contributed by atoms with Crippen molar-refractivity contribution in [3.05, 3.63) is 23.3 Å². The molecule has 114 valence electrons. The largest absolute Gasteiger partial charge is 0.367 e. The van der Waals surface area contributed by atoms with Crippen LogP contribution in [0.2, 0.25) is 0 Å². The van der Waals surface area contributed by atoms with Gasteiger partial charge in [0, 0.05) is 36.1 Å². The summed E-state index contributed by atoms with van der Waals surface area (Å²) >= 11 is 0. The van der Waals surface area contributed by atoms with E-state index in [1.165, 1.54) is 32.2 Å². The SMILES string of the molecule is NC1CCCCc2nc(C3CN4CCCC4CO3)ncc21. The second-order valence-electron chi connectivity index (χ2n) is 6.60. The van der Waals surface area contributed by atoms with Crippen LogP contribution < -0.4 is 5.73 Å². The van der Waals surface area contributed by atoms with Crippen LogP contribution in [0.4, 0.5) is 0 Å². The number of hydrogen-bond acceptors (Lipinski definition) is 5. The van der Waals surface area contributed by atoms with Crippen molar-refractivity contribution in [2.24, 2.45) is 5.73 Å². The van der Waals surface area contributed by atoms with E-state index in [1.54, 1.807) is 0 Å². The predicted octanol–water partition coefficient (Wildman–Crippen LogP) is 1.74. The minimum atomic E-state index is 0.0316. The molecule has 2 fully saturated rings. The summed E-state index contributed by atoms with van der Waals surface area (Å²) in [5.41, 5.74) is 8.52. The molecule has 0 aromatic carbocycles. The number of rotatable bonds is 1. The molecule has 5 heteroatoms. The summed E-state index contributed by atoms with van der Waals surface area (Å²) in [5, 5.41) is 0. The molecule has 3 atom stereocenters.